The summed E-state index contributed by atoms with van der Waals surface area (Å²) in [7, 11) is 1.40. The molecule has 2 aromatic rings. The summed E-state index contributed by atoms with van der Waals surface area (Å²) in [4.78, 5) is 23.0. The molecule has 0 radical (unpaired) electrons. The Bertz CT molecular complexity index is 764. The molecule has 1 amide bonds. The number of nitrogens with one attached hydrogen (secondary N) is 1. The lowest BCUT2D eigenvalue weighted by Crippen LogP contribution is -2.28. The van der Waals surface area contributed by atoms with E-state index in [4.69, 9.17) is 14.2 Å². The third kappa shape index (κ3) is 4.85. The van der Waals surface area contributed by atoms with Crippen LogP contribution in [0.4, 0.5) is 5.69 Å². The van der Waals surface area contributed by atoms with Gasteiger partial charge in [0.05, 0.1) is 31.3 Å². The number of methoxy groups -OCH3 is 1. The number of nitro groups is 1. The molecule has 26 heavy (non-hydrogen) atoms. The molecule has 2 aromatic carbocycles. The number of rotatable bonds is 9. The van der Waals surface area contributed by atoms with Crippen molar-refractivity contribution in [3.63, 3.8) is 0 Å². The van der Waals surface area contributed by atoms with E-state index < -0.39 is 10.8 Å². The molecule has 0 saturated heterocycles. The first-order chi connectivity index (χ1) is 12.6. The standard InChI is InChI=1S/C18H20N2O6/c1-3-25-17-12-15(20(22)23)14(11-16(17)24-2)18(21)19-9-10-26-13-7-5-4-6-8-13/h4-8,11-12H,3,9-10H2,1-2H3,(H,19,21). The topological polar surface area (TPSA) is 99.9 Å². The summed E-state index contributed by atoms with van der Waals surface area (Å²) in [6, 6.07) is 11.6. The molecule has 0 aliphatic rings. The molecule has 138 valence electrons. The molecule has 0 aromatic heterocycles. The first kappa shape index (κ1) is 19.0. The summed E-state index contributed by atoms with van der Waals surface area (Å²) in [6.45, 7) is 2.49. The molecule has 8 nitrogen and oxygen atoms in total. The number of carbonyl (C=O) groups is 1. The second-order valence-corrected chi connectivity index (χ2v) is 5.13. The van der Waals surface area contributed by atoms with Gasteiger partial charge in [0.2, 0.25) is 0 Å². The molecule has 0 spiro atoms. The molecule has 0 fully saturated rings. The van der Waals surface area contributed by atoms with Gasteiger partial charge in [0.1, 0.15) is 17.9 Å². The van der Waals surface area contributed by atoms with Crippen molar-refractivity contribution in [3.8, 4) is 17.2 Å². The lowest BCUT2D eigenvalue weighted by molar-refractivity contribution is -0.385. The fraction of sp³-hybridized carbons (Fsp3) is 0.278. The molecule has 1 N–H and O–H groups in total. The summed E-state index contributed by atoms with van der Waals surface area (Å²) >= 11 is 0. The van der Waals surface area contributed by atoms with Crippen LogP contribution in [0.1, 0.15) is 17.3 Å². The quantitative estimate of drug-likeness (QED) is 0.419. The number of amides is 1. The summed E-state index contributed by atoms with van der Waals surface area (Å²) in [6.07, 6.45) is 0. The number of hydrogen-bond donors (Lipinski definition) is 1. The number of carbonyl (C=O) groups excluding carboxylic acids is 1. The van der Waals surface area contributed by atoms with Gasteiger partial charge < -0.3 is 19.5 Å². The molecule has 0 atom stereocenters. The van der Waals surface area contributed by atoms with Gasteiger partial charge in [-0.1, -0.05) is 18.2 Å². The van der Waals surface area contributed by atoms with Crippen molar-refractivity contribution in [1.29, 1.82) is 0 Å². The van der Waals surface area contributed by atoms with Crippen LogP contribution < -0.4 is 19.5 Å². The number of para-hydroxylation sites is 1. The first-order valence-corrected chi connectivity index (χ1v) is 8.02. The Labute approximate surface area is 150 Å². The Hall–Kier alpha value is -3.29. The smallest absolute Gasteiger partial charge is 0.286 e. The van der Waals surface area contributed by atoms with Gasteiger partial charge in [0, 0.05) is 6.07 Å². The van der Waals surface area contributed by atoms with Gasteiger partial charge in [-0.3, -0.25) is 14.9 Å². The molecule has 8 heteroatoms. The molecule has 0 aliphatic heterocycles. The van der Waals surface area contributed by atoms with Gasteiger partial charge >= 0.3 is 0 Å². The van der Waals surface area contributed by atoms with Crippen LogP contribution in [-0.2, 0) is 0 Å². The van der Waals surface area contributed by atoms with E-state index in [9.17, 15) is 14.9 Å². The molecule has 2 rings (SSSR count). The van der Waals surface area contributed by atoms with E-state index in [1.807, 2.05) is 18.2 Å². The van der Waals surface area contributed by atoms with E-state index in [2.05, 4.69) is 5.32 Å². The molecule has 0 aliphatic carbocycles. The zero-order valence-electron chi connectivity index (χ0n) is 14.6. The second kappa shape index (κ2) is 9.26. The highest BCUT2D eigenvalue weighted by Crippen LogP contribution is 2.34. The number of hydrogen-bond acceptors (Lipinski definition) is 6. The van der Waals surface area contributed by atoms with Crippen molar-refractivity contribution in [3.05, 3.63) is 58.1 Å². The van der Waals surface area contributed by atoms with Crippen LogP contribution in [0, 0.1) is 10.1 Å². The summed E-state index contributed by atoms with van der Waals surface area (Å²) in [5.74, 6) is 0.555. The van der Waals surface area contributed by atoms with Crippen LogP contribution in [0.25, 0.3) is 0 Å². The van der Waals surface area contributed by atoms with Gasteiger partial charge in [-0.05, 0) is 19.1 Å². The highest BCUT2D eigenvalue weighted by molar-refractivity contribution is 5.99. The SMILES string of the molecule is CCOc1cc([N+](=O)[O-])c(C(=O)NCCOc2ccccc2)cc1OC. The Morgan fingerprint density at radius 1 is 1.15 bits per heavy atom. The summed E-state index contributed by atoms with van der Waals surface area (Å²) in [5, 5.41) is 13.9. The van der Waals surface area contributed by atoms with Gasteiger partial charge in [-0.15, -0.1) is 0 Å². The maximum atomic E-state index is 12.4. The first-order valence-electron chi connectivity index (χ1n) is 8.02. The minimum atomic E-state index is -0.628. The monoisotopic (exact) mass is 360 g/mol. The molecule has 0 saturated carbocycles. The average molecular weight is 360 g/mol. The largest absolute Gasteiger partial charge is 0.493 e. The lowest BCUT2D eigenvalue weighted by atomic mass is 10.1. The van der Waals surface area contributed by atoms with E-state index in [-0.39, 0.29) is 35.9 Å². The van der Waals surface area contributed by atoms with Crippen LogP contribution in [0.2, 0.25) is 0 Å². The molecule has 0 heterocycles. The van der Waals surface area contributed by atoms with Crippen molar-refractivity contribution in [2.24, 2.45) is 0 Å². The van der Waals surface area contributed by atoms with E-state index in [0.717, 1.165) is 0 Å². The molecule has 0 unspecified atom stereocenters. The van der Waals surface area contributed by atoms with Crippen LogP contribution in [0.15, 0.2) is 42.5 Å². The average Bonchev–Trinajstić information content (AvgIpc) is 2.65. The van der Waals surface area contributed by atoms with Crippen molar-refractivity contribution in [2.75, 3.05) is 26.9 Å². The highest BCUT2D eigenvalue weighted by Gasteiger charge is 2.24. The Morgan fingerprint density at radius 3 is 2.50 bits per heavy atom. The third-order valence-corrected chi connectivity index (χ3v) is 3.42. The maximum Gasteiger partial charge on any atom is 0.286 e. The van der Waals surface area contributed by atoms with Gasteiger partial charge in [-0.25, -0.2) is 0 Å². The van der Waals surface area contributed by atoms with Crippen LogP contribution in [-0.4, -0.2) is 37.7 Å². The van der Waals surface area contributed by atoms with Gasteiger partial charge in [-0.2, -0.15) is 0 Å². The predicted octanol–water partition coefficient (Wildman–Crippen LogP) is 2.81. The summed E-state index contributed by atoms with van der Waals surface area (Å²) in [5.41, 5.74) is -0.453. The van der Waals surface area contributed by atoms with Crippen LogP contribution in [0.3, 0.4) is 0 Å². The van der Waals surface area contributed by atoms with Crippen molar-refractivity contribution in [1.82, 2.24) is 5.32 Å². The van der Waals surface area contributed by atoms with Crippen molar-refractivity contribution >= 4 is 11.6 Å². The zero-order valence-corrected chi connectivity index (χ0v) is 14.6. The number of benzene rings is 2. The minimum absolute atomic E-state index is 0.102. The normalized spacial score (nSPS) is 10.1. The van der Waals surface area contributed by atoms with E-state index in [1.54, 1.807) is 19.1 Å². The minimum Gasteiger partial charge on any atom is -0.493 e. The van der Waals surface area contributed by atoms with E-state index >= 15 is 0 Å². The number of ether oxygens (including phenoxy) is 3. The van der Waals surface area contributed by atoms with Gasteiger partial charge in [0.15, 0.2) is 11.5 Å². The number of nitro benzene ring substituents is 1. The molecular weight excluding hydrogens is 340 g/mol. The van der Waals surface area contributed by atoms with Crippen molar-refractivity contribution in [2.45, 2.75) is 6.92 Å². The van der Waals surface area contributed by atoms with Gasteiger partial charge in [0.25, 0.3) is 11.6 Å². The van der Waals surface area contributed by atoms with Crippen LogP contribution >= 0.6 is 0 Å². The van der Waals surface area contributed by atoms with Crippen LogP contribution in [0.5, 0.6) is 17.2 Å². The molecular formula is C18H20N2O6. The highest BCUT2D eigenvalue weighted by atomic mass is 16.6. The fourth-order valence-corrected chi connectivity index (χ4v) is 2.26. The van der Waals surface area contributed by atoms with E-state index in [0.29, 0.717) is 12.4 Å². The predicted molar refractivity (Wildman–Crippen MR) is 95.1 cm³/mol. The molecule has 0 bridgehead atoms. The summed E-state index contributed by atoms with van der Waals surface area (Å²) < 4.78 is 15.9. The Balaban J connectivity index is 2.07. The Kier molecular flexibility index (Phi) is 6.78. The Morgan fingerprint density at radius 2 is 1.88 bits per heavy atom. The second-order valence-electron chi connectivity index (χ2n) is 5.13. The number of nitrogens with zero attached hydrogens (tertiary/aromatic N) is 1. The third-order valence-electron chi connectivity index (χ3n) is 3.42. The van der Waals surface area contributed by atoms with Crippen molar-refractivity contribution < 1.29 is 23.9 Å². The lowest BCUT2D eigenvalue weighted by Gasteiger charge is -2.12. The van der Waals surface area contributed by atoms with E-state index in [1.165, 1.54) is 19.2 Å². The fourth-order valence-electron chi connectivity index (χ4n) is 2.26. The zero-order chi connectivity index (χ0) is 18.9. The maximum absolute atomic E-state index is 12.4.